The third-order valence-corrected chi connectivity index (χ3v) is 3.33. The lowest BCUT2D eigenvalue weighted by Gasteiger charge is -2.33. The molecule has 0 saturated carbocycles. The van der Waals surface area contributed by atoms with Gasteiger partial charge in [0.05, 0.1) is 6.61 Å². The van der Waals surface area contributed by atoms with E-state index in [1.807, 2.05) is 37.3 Å². The smallest absolute Gasteiger partial charge is 0.330 e. The predicted octanol–water partition coefficient (Wildman–Crippen LogP) is 3.49. The van der Waals surface area contributed by atoms with Crippen molar-refractivity contribution in [1.82, 2.24) is 5.32 Å². The first kappa shape index (κ1) is 16.7. The van der Waals surface area contributed by atoms with Crippen molar-refractivity contribution in [3.05, 3.63) is 35.9 Å². The topological polar surface area (TPSA) is 38.3 Å². The molecule has 0 amide bonds. The van der Waals surface area contributed by atoms with Gasteiger partial charge in [-0.15, -0.1) is 0 Å². The summed E-state index contributed by atoms with van der Waals surface area (Å²) in [5.74, 6) is 0.304. The molecule has 0 aliphatic rings. The number of esters is 1. The minimum atomic E-state index is -0.726. The second kappa shape index (κ2) is 8.05. The lowest BCUT2D eigenvalue weighted by atomic mass is 9.85. The Balaban J connectivity index is 3.15. The fourth-order valence-electron chi connectivity index (χ4n) is 2.36. The molecule has 1 atom stereocenters. The Kier molecular flexibility index (Phi) is 6.73. The van der Waals surface area contributed by atoms with E-state index in [0.717, 1.165) is 24.9 Å². The van der Waals surface area contributed by atoms with Crippen LogP contribution in [0.15, 0.2) is 30.3 Å². The van der Waals surface area contributed by atoms with Gasteiger partial charge in [-0.1, -0.05) is 57.5 Å². The van der Waals surface area contributed by atoms with Gasteiger partial charge in [0, 0.05) is 0 Å². The zero-order valence-corrected chi connectivity index (χ0v) is 13.1. The molecular weight excluding hydrogens is 250 g/mol. The highest BCUT2D eigenvalue weighted by Gasteiger charge is 2.40. The molecule has 0 aromatic heterocycles. The molecule has 0 aliphatic carbocycles. The van der Waals surface area contributed by atoms with Gasteiger partial charge in [0.2, 0.25) is 0 Å². The van der Waals surface area contributed by atoms with E-state index in [1.54, 1.807) is 0 Å². The minimum Gasteiger partial charge on any atom is -0.464 e. The summed E-state index contributed by atoms with van der Waals surface area (Å²) in [6.07, 6.45) is 1.65. The maximum Gasteiger partial charge on any atom is 0.330 e. The molecular formula is C17H27NO2. The quantitative estimate of drug-likeness (QED) is 0.739. The molecule has 1 unspecified atom stereocenters. The van der Waals surface area contributed by atoms with Crippen LogP contribution in [-0.2, 0) is 15.1 Å². The molecule has 0 aliphatic heterocycles. The number of rotatable bonds is 8. The molecule has 1 rings (SSSR count). The van der Waals surface area contributed by atoms with Gasteiger partial charge in [-0.2, -0.15) is 0 Å². The molecule has 0 bridgehead atoms. The highest BCUT2D eigenvalue weighted by atomic mass is 16.5. The summed E-state index contributed by atoms with van der Waals surface area (Å²) in [5, 5.41) is 3.46. The molecule has 0 heterocycles. The Labute approximate surface area is 122 Å². The fraction of sp³-hybridized carbons (Fsp3) is 0.588. The van der Waals surface area contributed by atoms with E-state index in [0.29, 0.717) is 12.5 Å². The normalized spacial score (nSPS) is 14.1. The number of benzene rings is 1. The van der Waals surface area contributed by atoms with Crippen LogP contribution in [-0.4, -0.2) is 19.1 Å². The van der Waals surface area contributed by atoms with Gasteiger partial charge in [0.25, 0.3) is 0 Å². The first-order valence-electron chi connectivity index (χ1n) is 7.54. The minimum absolute atomic E-state index is 0.172. The second-order valence-corrected chi connectivity index (χ2v) is 5.52. The van der Waals surface area contributed by atoms with Crippen LogP contribution in [0.4, 0.5) is 0 Å². The molecule has 3 nitrogen and oxygen atoms in total. The molecule has 0 radical (unpaired) electrons. The third-order valence-electron chi connectivity index (χ3n) is 3.33. The van der Waals surface area contributed by atoms with Gasteiger partial charge in [-0.05, 0) is 31.4 Å². The van der Waals surface area contributed by atoms with Gasteiger partial charge in [-0.3, -0.25) is 5.32 Å². The van der Waals surface area contributed by atoms with Crippen molar-refractivity contribution >= 4 is 5.97 Å². The van der Waals surface area contributed by atoms with Gasteiger partial charge in [0.15, 0.2) is 0 Å². The standard InChI is InChI=1S/C17H27NO2/c1-5-12-17(16(19)20-6-2,18-13-14(3)4)15-10-8-7-9-11-15/h7-11,14,18H,5-6,12-13H2,1-4H3. The summed E-state index contributed by atoms with van der Waals surface area (Å²) < 4.78 is 5.35. The summed E-state index contributed by atoms with van der Waals surface area (Å²) in [5.41, 5.74) is 0.261. The van der Waals surface area contributed by atoms with Crippen LogP contribution in [0.5, 0.6) is 0 Å². The van der Waals surface area contributed by atoms with Crippen molar-refractivity contribution in [2.75, 3.05) is 13.2 Å². The monoisotopic (exact) mass is 277 g/mol. The van der Waals surface area contributed by atoms with Crippen LogP contribution in [0.2, 0.25) is 0 Å². The molecule has 20 heavy (non-hydrogen) atoms. The molecule has 112 valence electrons. The summed E-state index contributed by atoms with van der Waals surface area (Å²) in [7, 11) is 0. The molecule has 0 saturated heterocycles. The van der Waals surface area contributed by atoms with E-state index < -0.39 is 5.54 Å². The van der Waals surface area contributed by atoms with Gasteiger partial charge in [0.1, 0.15) is 5.54 Å². The van der Waals surface area contributed by atoms with Crippen LogP contribution in [0.25, 0.3) is 0 Å². The van der Waals surface area contributed by atoms with Crippen LogP contribution >= 0.6 is 0 Å². The van der Waals surface area contributed by atoms with E-state index in [9.17, 15) is 4.79 Å². The predicted molar refractivity (Wildman–Crippen MR) is 82.5 cm³/mol. The van der Waals surface area contributed by atoms with Crippen molar-refractivity contribution in [1.29, 1.82) is 0 Å². The Morgan fingerprint density at radius 3 is 2.40 bits per heavy atom. The van der Waals surface area contributed by atoms with Gasteiger partial charge < -0.3 is 4.74 Å². The number of hydrogen-bond acceptors (Lipinski definition) is 3. The Bertz CT molecular complexity index is 403. The number of nitrogens with one attached hydrogen (secondary N) is 1. The fourth-order valence-corrected chi connectivity index (χ4v) is 2.36. The highest BCUT2D eigenvalue weighted by molar-refractivity contribution is 5.82. The van der Waals surface area contributed by atoms with E-state index >= 15 is 0 Å². The number of ether oxygens (including phenoxy) is 1. The largest absolute Gasteiger partial charge is 0.464 e. The van der Waals surface area contributed by atoms with Gasteiger partial charge in [-0.25, -0.2) is 4.79 Å². The molecule has 1 N–H and O–H groups in total. The average Bonchev–Trinajstić information content (AvgIpc) is 2.44. The first-order chi connectivity index (χ1) is 9.56. The maximum atomic E-state index is 12.6. The molecule has 0 fully saturated rings. The summed E-state index contributed by atoms with van der Waals surface area (Å²) in [4.78, 5) is 12.6. The maximum absolute atomic E-state index is 12.6. The summed E-state index contributed by atoms with van der Waals surface area (Å²) >= 11 is 0. The molecule has 0 spiro atoms. The van der Waals surface area contributed by atoms with Crippen molar-refractivity contribution in [3.8, 4) is 0 Å². The molecule has 3 heteroatoms. The van der Waals surface area contributed by atoms with E-state index in [1.165, 1.54) is 0 Å². The van der Waals surface area contributed by atoms with E-state index in [2.05, 4.69) is 26.1 Å². The molecule has 1 aromatic carbocycles. The zero-order valence-electron chi connectivity index (χ0n) is 13.1. The Morgan fingerprint density at radius 2 is 1.90 bits per heavy atom. The Morgan fingerprint density at radius 1 is 1.25 bits per heavy atom. The second-order valence-electron chi connectivity index (χ2n) is 5.52. The number of hydrogen-bond donors (Lipinski definition) is 1. The average molecular weight is 277 g/mol. The number of carbonyl (C=O) groups is 1. The van der Waals surface area contributed by atoms with Crippen LogP contribution in [0.1, 0.15) is 46.1 Å². The van der Waals surface area contributed by atoms with Crippen molar-refractivity contribution in [3.63, 3.8) is 0 Å². The third kappa shape index (κ3) is 4.07. The lowest BCUT2D eigenvalue weighted by molar-refractivity contribution is -0.152. The Hall–Kier alpha value is -1.35. The lowest BCUT2D eigenvalue weighted by Crippen LogP contribution is -2.51. The first-order valence-corrected chi connectivity index (χ1v) is 7.54. The van der Waals surface area contributed by atoms with Gasteiger partial charge >= 0.3 is 5.97 Å². The SMILES string of the molecule is CCCC(NCC(C)C)(C(=O)OCC)c1ccccc1. The highest BCUT2D eigenvalue weighted by Crippen LogP contribution is 2.28. The van der Waals surface area contributed by atoms with E-state index in [4.69, 9.17) is 4.74 Å². The molecule has 1 aromatic rings. The van der Waals surface area contributed by atoms with E-state index in [-0.39, 0.29) is 5.97 Å². The van der Waals surface area contributed by atoms with Crippen LogP contribution < -0.4 is 5.32 Å². The number of carbonyl (C=O) groups excluding carboxylic acids is 1. The van der Waals surface area contributed by atoms with Crippen LogP contribution in [0, 0.1) is 5.92 Å². The summed E-state index contributed by atoms with van der Waals surface area (Å²) in [6, 6.07) is 9.90. The van der Waals surface area contributed by atoms with Crippen molar-refractivity contribution in [2.45, 2.75) is 46.1 Å². The zero-order chi connectivity index (χ0) is 15.0. The van der Waals surface area contributed by atoms with Crippen molar-refractivity contribution < 1.29 is 9.53 Å². The van der Waals surface area contributed by atoms with Crippen molar-refractivity contribution in [2.24, 2.45) is 5.92 Å². The van der Waals surface area contributed by atoms with Crippen LogP contribution in [0.3, 0.4) is 0 Å². The summed E-state index contributed by atoms with van der Waals surface area (Å²) in [6.45, 7) is 9.41.